The molecular formula is C14H23Gd. The van der Waals surface area contributed by atoms with Crippen molar-refractivity contribution >= 4 is 0 Å². The van der Waals surface area contributed by atoms with Crippen LogP contribution < -0.4 is 0 Å². The van der Waals surface area contributed by atoms with E-state index >= 15 is 0 Å². The summed E-state index contributed by atoms with van der Waals surface area (Å²) < 4.78 is 1.64. The monoisotopic (exact) mass is 349 g/mol. The van der Waals surface area contributed by atoms with Gasteiger partial charge in [-0.15, -0.1) is 0 Å². The van der Waals surface area contributed by atoms with Crippen LogP contribution in [0.2, 0.25) is 0 Å². The van der Waals surface area contributed by atoms with Crippen LogP contribution in [0.1, 0.15) is 48.0 Å². The molecule has 0 aromatic carbocycles. The van der Waals surface area contributed by atoms with Crippen LogP contribution in [-0.4, -0.2) is 0 Å². The van der Waals surface area contributed by atoms with E-state index in [0.717, 1.165) is 0 Å². The molecule has 0 heterocycles. The van der Waals surface area contributed by atoms with Gasteiger partial charge in [0.2, 0.25) is 0 Å². The van der Waals surface area contributed by atoms with Crippen molar-refractivity contribution in [1.82, 2.24) is 0 Å². The van der Waals surface area contributed by atoms with Crippen LogP contribution in [0.4, 0.5) is 0 Å². The van der Waals surface area contributed by atoms with Crippen molar-refractivity contribution in [1.29, 1.82) is 0 Å². The molecule has 0 unspecified atom stereocenters. The van der Waals surface area contributed by atoms with Crippen molar-refractivity contribution in [2.24, 2.45) is 17.8 Å². The maximum absolute atomic E-state index is 2.34. The molecule has 0 bridgehead atoms. The van der Waals surface area contributed by atoms with Crippen LogP contribution in [0, 0.1) is 55.7 Å². The Hall–Kier alpha value is 0.805. The predicted molar refractivity (Wildman–Crippen MR) is 63.2 cm³/mol. The Morgan fingerprint density at radius 1 is 0.800 bits per heavy atom. The third-order valence-electron chi connectivity index (χ3n) is 3.11. The second kappa shape index (κ2) is 5.43. The quantitative estimate of drug-likeness (QED) is 0.706. The number of hydrogen-bond donors (Lipinski definition) is 0. The zero-order valence-corrected chi connectivity index (χ0v) is 13.1. The van der Waals surface area contributed by atoms with Gasteiger partial charge in [0.05, 0.1) is 0 Å². The first-order valence-corrected chi connectivity index (χ1v) is 7.10. The fourth-order valence-corrected chi connectivity index (χ4v) is 3.88. The van der Waals surface area contributed by atoms with E-state index in [1.165, 1.54) is 6.42 Å². The van der Waals surface area contributed by atoms with Crippen molar-refractivity contribution < 1.29 is 37.9 Å². The van der Waals surface area contributed by atoms with Gasteiger partial charge in [0, 0.05) is 0 Å². The molecule has 0 amide bonds. The molecule has 0 radical (unpaired) electrons. The van der Waals surface area contributed by atoms with Crippen molar-refractivity contribution in [2.75, 3.05) is 0 Å². The first-order valence-electron chi connectivity index (χ1n) is 5.96. The van der Waals surface area contributed by atoms with Gasteiger partial charge < -0.3 is 0 Å². The predicted octanol–water partition coefficient (Wildman–Crippen LogP) is 4.46. The molecule has 0 aliphatic heterocycles. The molecule has 15 heavy (non-hydrogen) atoms. The molecule has 1 aliphatic rings. The van der Waals surface area contributed by atoms with Crippen LogP contribution in [0.15, 0.2) is 18.1 Å². The Morgan fingerprint density at radius 2 is 1.27 bits per heavy atom. The summed E-state index contributed by atoms with van der Waals surface area (Å²) in [6, 6.07) is 0. The summed E-state index contributed by atoms with van der Waals surface area (Å²) in [7, 11) is 0. The average Bonchev–Trinajstić information content (AvgIpc) is 2.42. The molecular weight excluding hydrogens is 325 g/mol. The molecule has 0 N–H and O–H groups in total. The first-order chi connectivity index (χ1) is 6.86. The van der Waals surface area contributed by atoms with E-state index in [9.17, 15) is 0 Å². The van der Waals surface area contributed by atoms with Gasteiger partial charge in [0.15, 0.2) is 0 Å². The van der Waals surface area contributed by atoms with Crippen molar-refractivity contribution in [3.05, 3.63) is 18.1 Å². The fourth-order valence-electron chi connectivity index (χ4n) is 2.48. The molecule has 0 aromatic rings. The number of rotatable bonds is 3. The first kappa shape index (κ1) is 13.9. The van der Waals surface area contributed by atoms with Gasteiger partial charge >= 0.3 is 122 Å². The summed E-state index contributed by atoms with van der Waals surface area (Å²) in [6.45, 7) is 14.0. The van der Waals surface area contributed by atoms with Crippen molar-refractivity contribution in [3.8, 4) is 0 Å². The standard InChI is InChI=1S/C14H23.Gd/c1-9(2)12-7-8-13(10(3)4)14(12)11(5)6;/h9-11H,7H2,1-6H3;. The van der Waals surface area contributed by atoms with Crippen LogP contribution in [0.25, 0.3) is 0 Å². The summed E-state index contributed by atoms with van der Waals surface area (Å²) in [5, 5.41) is 0. The van der Waals surface area contributed by atoms with E-state index in [1.54, 1.807) is 18.1 Å². The third-order valence-corrected chi connectivity index (χ3v) is 4.13. The Morgan fingerprint density at radius 3 is 1.60 bits per heavy atom. The SMILES string of the molecule is CC(C)C1=C(C(C)C)C(C(C)C)=[C]([Gd])C1. The van der Waals surface area contributed by atoms with Gasteiger partial charge in [-0.25, -0.2) is 0 Å². The zero-order valence-electron chi connectivity index (χ0n) is 10.8. The van der Waals surface area contributed by atoms with E-state index in [-0.39, 0.29) is 0 Å². The normalized spacial score (nSPS) is 18.0. The topological polar surface area (TPSA) is 0 Å². The van der Waals surface area contributed by atoms with Crippen molar-refractivity contribution in [3.63, 3.8) is 0 Å². The van der Waals surface area contributed by atoms with Crippen molar-refractivity contribution in [2.45, 2.75) is 48.0 Å². The van der Waals surface area contributed by atoms with Gasteiger partial charge in [0.25, 0.3) is 0 Å². The van der Waals surface area contributed by atoms with Gasteiger partial charge in [-0.2, -0.15) is 0 Å². The molecule has 1 rings (SSSR count). The Balaban J connectivity index is 3.19. The molecule has 0 atom stereocenters. The molecule has 0 saturated heterocycles. The van der Waals surface area contributed by atoms with Gasteiger partial charge in [-0.05, 0) is 0 Å². The summed E-state index contributed by atoms with van der Waals surface area (Å²) in [5.41, 5.74) is 5.02. The van der Waals surface area contributed by atoms with Crippen LogP contribution in [-0.2, 0) is 0 Å². The molecule has 0 nitrogen and oxygen atoms in total. The molecule has 1 aliphatic carbocycles. The summed E-state index contributed by atoms with van der Waals surface area (Å²) >= 11 is 2.10. The Labute approximate surface area is 121 Å². The van der Waals surface area contributed by atoms with E-state index in [0.29, 0.717) is 17.8 Å². The Bertz CT molecular complexity index is 303. The summed E-state index contributed by atoms with van der Waals surface area (Å²) in [4.78, 5) is 0. The number of allylic oxidation sites excluding steroid dienone is 4. The minimum atomic E-state index is 0.682. The molecule has 0 spiro atoms. The second-order valence-electron chi connectivity index (χ2n) is 5.38. The molecule has 0 aromatic heterocycles. The average molecular weight is 349 g/mol. The van der Waals surface area contributed by atoms with E-state index in [2.05, 4.69) is 79.5 Å². The van der Waals surface area contributed by atoms with E-state index in [1.807, 2.05) is 0 Å². The Kier molecular flexibility index (Phi) is 5.02. The van der Waals surface area contributed by atoms with E-state index in [4.69, 9.17) is 0 Å². The summed E-state index contributed by atoms with van der Waals surface area (Å²) in [6.07, 6.45) is 1.23. The fraction of sp³-hybridized carbons (Fsp3) is 0.714. The van der Waals surface area contributed by atoms with Gasteiger partial charge in [-0.3, -0.25) is 0 Å². The molecule has 87 valence electrons. The second-order valence-corrected chi connectivity index (χ2v) is 6.75. The van der Waals surface area contributed by atoms with E-state index < -0.39 is 0 Å². The van der Waals surface area contributed by atoms with Crippen LogP contribution in [0.3, 0.4) is 0 Å². The molecule has 1 heteroatoms. The minimum absolute atomic E-state index is 0.682. The molecule has 0 saturated carbocycles. The maximum atomic E-state index is 2.34. The number of hydrogen-bond acceptors (Lipinski definition) is 0. The summed E-state index contributed by atoms with van der Waals surface area (Å²) in [5.74, 6) is 2.08. The zero-order chi connectivity index (χ0) is 11.7. The third kappa shape index (κ3) is 2.93. The van der Waals surface area contributed by atoms with Gasteiger partial charge in [-0.1, -0.05) is 0 Å². The molecule has 0 fully saturated rings. The van der Waals surface area contributed by atoms with Crippen LogP contribution in [0.5, 0.6) is 0 Å². The van der Waals surface area contributed by atoms with Gasteiger partial charge in [0.1, 0.15) is 0 Å². The van der Waals surface area contributed by atoms with Crippen LogP contribution >= 0.6 is 0 Å².